The Bertz CT molecular complexity index is 602. The molecule has 2 aromatic rings. The molecule has 0 unspecified atom stereocenters. The Hall–Kier alpha value is -2.67. The predicted molar refractivity (Wildman–Crippen MR) is 79.8 cm³/mol. The predicted octanol–water partition coefficient (Wildman–Crippen LogP) is 3.41. The van der Waals surface area contributed by atoms with Crippen molar-refractivity contribution in [1.29, 1.82) is 5.26 Å². The van der Waals surface area contributed by atoms with Crippen LogP contribution < -0.4 is 14.2 Å². The zero-order valence-corrected chi connectivity index (χ0v) is 11.9. The van der Waals surface area contributed by atoms with E-state index in [9.17, 15) is 0 Å². The largest absolute Gasteiger partial charge is 0.494 e. The van der Waals surface area contributed by atoms with E-state index in [0.29, 0.717) is 25.4 Å². The minimum Gasteiger partial charge on any atom is -0.494 e. The van der Waals surface area contributed by atoms with E-state index in [0.717, 1.165) is 17.2 Å². The van der Waals surface area contributed by atoms with Crippen LogP contribution in [-0.4, -0.2) is 19.8 Å². The zero-order chi connectivity index (χ0) is 14.9. The summed E-state index contributed by atoms with van der Waals surface area (Å²) >= 11 is 0. The topological polar surface area (TPSA) is 51.5 Å². The molecule has 0 saturated carbocycles. The van der Waals surface area contributed by atoms with Crippen molar-refractivity contribution < 1.29 is 14.2 Å². The van der Waals surface area contributed by atoms with E-state index >= 15 is 0 Å². The van der Waals surface area contributed by atoms with E-state index in [-0.39, 0.29) is 0 Å². The summed E-state index contributed by atoms with van der Waals surface area (Å²) < 4.78 is 16.5. The molecule has 0 atom stereocenters. The number of rotatable bonds is 7. The molecule has 0 aliphatic rings. The Kier molecular flexibility index (Phi) is 5.48. The quantitative estimate of drug-likeness (QED) is 0.731. The van der Waals surface area contributed by atoms with Crippen molar-refractivity contribution in [2.75, 3.05) is 19.8 Å². The van der Waals surface area contributed by atoms with Gasteiger partial charge in [0.1, 0.15) is 30.5 Å². The van der Waals surface area contributed by atoms with Crippen LogP contribution in [0.1, 0.15) is 12.5 Å². The van der Waals surface area contributed by atoms with Crippen LogP contribution in [0.5, 0.6) is 17.2 Å². The summed E-state index contributed by atoms with van der Waals surface area (Å²) in [6.07, 6.45) is 0. The Balaban J connectivity index is 1.76. The molecular weight excluding hydrogens is 266 g/mol. The third-order valence-corrected chi connectivity index (χ3v) is 2.72. The molecule has 0 N–H and O–H groups in total. The van der Waals surface area contributed by atoms with Gasteiger partial charge in [-0.1, -0.05) is 6.07 Å². The van der Waals surface area contributed by atoms with Crippen molar-refractivity contribution in [2.45, 2.75) is 6.92 Å². The second kappa shape index (κ2) is 7.81. The molecule has 4 heteroatoms. The minimum atomic E-state index is 0.435. The third-order valence-electron chi connectivity index (χ3n) is 2.72. The van der Waals surface area contributed by atoms with Gasteiger partial charge in [0.05, 0.1) is 18.2 Å². The van der Waals surface area contributed by atoms with Gasteiger partial charge in [-0.3, -0.25) is 0 Å². The first-order valence-electron chi connectivity index (χ1n) is 6.80. The summed E-state index contributed by atoms with van der Waals surface area (Å²) in [6, 6.07) is 16.6. The molecule has 0 heterocycles. The highest BCUT2D eigenvalue weighted by Gasteiger charge is 1.98. The molecule has 0 radical (unpaired) electrons. The van der Waals surface area contributed by atoms with E-state index in [1.807, 2.05) is 31.2 Å². The molecule has 0 fully saturated rings. The van der Waals surface area contributed by atoms with E-state index in [1.54, 1.807) is 24.3 Å². The number of nitrogens with zero attached hydrogens (tertiary/aromatic N) is 1. The smallest absolute Gasteiger partial charge is 0.123 e. The first-order valence-corrected chi connectivity index (χ1v) is 6.80. The fourth-order valence-electron chi connectivity index (χ4n) is 1.77. The van der Waals surface area contributed by atoms with Crippen LogP contribution in [-0.2, 0) is 0 Å². The Labute approximate surface area is 124 Å². The van der Waals surface area contributed by atoms with E-state index in [4.69, 9.17) is 19.5 Å². The fourth-order valence-corrected chi connectivity index (χ4v) is 1.77. The van der Waals surface area contributed by atoms with Crippen molar-refractivity contribution in [2.24, 2.45) is 0 Å². The number of benzene rings is 2. The Morgan fingerprint density at radius 1 is 0.857 bits per heavy atom. The van der Waals surface area contributed by atoms with Crippen LogP contribution in [0.15, 0.2) is 48.5 Å². The monoisotopic (exact) mass is 283 g/mol. The fraction of sp³-hybridized carbons (Fsp3) is 0.235. The van der Waals surface area contributed by atoms with Crippen molar-refractivity contribution in [3.05, 3.63) is 54.1 Å². The van der Waals surface area contributed by atoms with Crippen molar-refractivity contribution in [3.63, 3.8) is 0 Å². The number of nitriles is 1. The molecule has 108 valence electrons. The minimum absolute atomic E-state index is 0.435. The van der Waals surface area contributed by atoms with Crippen LogP contribution in [0.3, 0.4) is 0 Å². The van der Waals surface area contributed by atoms with Crippen LogP contribution >= 0.6 is 0 Å². The molecule has 0 aliphatic heterocycles. The van der Waals surface area contributed by atoms with E-state index in [1.165, 1.54) is 0 Å². The maximum Gasteiger partial charge on any atom is 0.123 e. The van der Waals surface area contributed by atoms with Crippen LogP contribution in [0.2, 0.25) is 0 Å². The highest BCUT2D eigenvalue weighted by molar-refractivity contribution is 5.34. The normalized spacial score (nSPS) is 9.71. The number of hydrogen-bond acceptors (Lipinski definition) is 4. The molecule has 4 nitrogen and oxygen atoms in total. The van der Waals surface area contributed by atoms with Gasteiger partial charge in [0.15, 0.2) is 0 Å². The van der Waals surface area contributed by atoms with Gasteiger partial charge in [-0.05, 0) is 43.3 Å². The first kappa shape index (κ1) is 14.7. The van der Waals surface area contributed by atoms with E-state index < -0.39 is 0 Å². The third kappa shape index (κ3) is 4.73. The average molecular weight is 283 g/mol. The maximum absolute atomic E-state index is 8.71. The SMILES string of the molecule is CCOc1cccc(OCCOc2ccc(C#N)cc2)c1. The van der Waals surface area contributed by atoms with Crippen molar-refractivity contribution in [1.82, 2.24) is 0 Å². The molecule has 0 amide bonds. The highest BCUT2D eigenvalue weighted by atomic mass is 16.5. The summed E-state index contributed by atoms with van der Waals surface area (Å²) in [5.41, 5.74) is 0.617. The van der Waals surface area contributed by atoms with Gasteiger partial charge >= 0.3 is 0 Å². The molecule has 0 aromatic heterocycles. The lowest BCUT2D eigenvalue weighted by Gasteiger charge is -2.09. The summed E-state index contributed by atoms with van der Waals surface area (Å²) in [5, 5.41) is 8.71. The zero-order valence-electron chi connectivity index (χ0n) is 11.9. The van der Waals surface area contributed by atoms with E-state index in [2.05, 4.69) is 6.07 Å². The molecule has 21 heavy (non-hydrogen) atoms. The van der Waals surface area contributed by atoms with Crippen LogP contribution in [0.25, 0.3) is 0 Å². The second-order valence-electron chi connectivity index (χ2n) is 4.24. The van der Waals surface area contributed by atoms with Gasteiger partial charge in [-0.25, -0.2) is 0 Å². The van der Waals surface area contributed by atoms with Gasteiger partial charge in [0, 0.05) is 6.07 Å². The summed E-state index contributed by atoms with van der Waals surface area (Å²) in [4.78, 5) is 0. The second-order valence-corrected chi connectivity index (χ2v) is 4.24. The lowest BCUT2D eigenvalue weighted by atomic mass is 10.2. The summed E-state index contributed by atoms with van der Waals surface area (Å²) in [7, 11) is 0. The van der Waals surface area contributed by atoms with Crippen LogP contribution in [0.4, 0.5) is 0 Å². The lowest BCUT2D eigenvalue weighted by Crippen LogP contribution is -2.09. The standard InChI is InChI=1S/C17H17NO3/c1-2-19-16-4-3-5-17(12-16)21-11-10-20-15-8-6-14(13-18)7-9-15/h3-9,12H,2,10-11H2,1H3. The molecule has 0 spiro atoms. The van der Waals surface area contributed by atoms with Crippen LogP contribution in [0, 0.1) is 11.3 Å². The van der Waals surface area contributed by atoms with Gasteiger partial charge in [-0.2, -0.15) is 5.26 Å². The Morgan fingerprint density at radius 3 is 2.10 bits per heavy atom. The molecular formula is C17H17NO3. The van der Waals surface area contributed by atoms with Crippen molar-refractivity contribution >= 4 is 0 Å². The first-order chi connectivity index (χ1) is 10.3. The highest BCUT2D eigenvalue weighted by Crippen LogP contribution is 2.19. The van der Waals surface area contributed by atoms with Crippen molar-refractivity contribution in [3.8, 4) is 23.3 Å². The maximum atomic E-state index is 8.71. The molecule has 0 bridgehead atoms. The van der Waals surface area contributed by atoms with Gasteiger partial charge in [0.25, 0.3) is 0 Å². The summed E-state index contributed by atoms with van der Waals surface area (Å²) in [6.45, 7) is 3.45. The molecule has 0 aliphatic carbocycles. The van der Waals surface area contributed by atoms with Gasteiger partial charge in [0.2, 0.25) is 0 Å². The Morgan fingerprint density at radius 2 is 1.48 bits per heavy atom. The molecule has 2 aromatic carbocycles. The summed E-state index contributed by atoms with van der Waals surface area (Å²) in [5.74, 6) is 2.27. The number of hydrogen-bond donors (Lipinski definition) is 0. The van der Waals surface area contributed by atoms with Gasteiger partial charge in [-0.15, -0.1) is 0 Å². The number of ether oxygens (including phenoxy) is 3. The lowest BCUT2D eigenvalue weighted by molar-refractivity contribution is 0.216. The average Bonchev–Trinajstić information content (AvgIpc) is 2.53. The molecule has 2 rings (SSSR count). The molecule has 0 saturated heterocycles. The van der Waals surface area contributed by atoms with Gasteiger partial charge < -0.3 is 14.2 Å².